The average molecular weight is 393 g/mol. The molecule has 6 nitrogen and oxygen atoms in total. The SMILES string of the molecule is O=C(Nc1ccccc1)[C@H]1CN(C(=O)NCc2ccccc2)CC12CCOCC2. The Morgan fingerprint density at radius 1 is 1.00 bits per heavy atom. The molecule has 2 aliphatic rings. The Morgan fingerprint density at radius 2 is 1.66 bits per heavy atom. The summed E-state index contributed by atoms with van der Waals surface area (Å²) in [7, 11) is 0. The molecule has 0 aliphatic carbocycles. The Hall–Kier alpha value is -2.86. The van der Waals surface area contributed by atoms with E-state index in [0.717, 1.165) is 24.1 Å². The lowest BCUT2D eigenvalue weighted by Crippen LogP contribution is -2.42. The van der Waals surface area contributed by atoms with Crippen molar-refractivity contribution in [2.75, 3.05) is 31.6 Å². The van der Waals surface area contributed by atoms with Crippen molar-refractivity contribution in [2.24, 2.45) is 11.3 Å². The number of carbonyl (C=O) groups is 2. The highest BCUT2D eigenvalue weighted by Gasteiger charge is 2.51. The van der Waals surface area contributed by atoms with Crippen molar-refractivity contribution in [1.82, 2.24) is 10.2 Å². The van der Waals surface area contributed by atoms with Crippen LogP contribution in [0.15, 0.2) is 60.7 Å². The number of amides is 3. The van der Waals surface area contributed by atoms with Gasteiger partial charge in [-0.05, 0) is 30.5 Å². The van der Waals surface area contributed by atoms with Crippen LogP contribution < -0.4 is 10.6 Å². The molecule has 6 heteroatoms. The zero-order valence-corrected chi connectivity index (χ0v) is 16.5. The van der Waals surface area contributed by atoms with E-state index < -0.39 is 0 Å². The van der Waals surface area contributed by atoms with Crippen molar-refractivity contribution in [3.63, 3.8) is 0 Å². The number of benzene rings is 2. The Morgan fingerprint density at radius 3 is 2.34 bits per heavy atom. The maximum atomic E-state index is 13.1. The van der Waals surface area contributed by atoms with E-state index in [-0.39, 0.29) is 23.3 Å². The fraction of sp³-hybridized carbons (Fsp3) is 0.391. The summed E-state index contributed by atoms with van der Waals surface area (Å²) in [4.78, 5) is 27.7. The average Bonchev–Trinajstić information content (AvgIpc) is 3.13. The molecule has 1 atom stereocenters. The van der Waals surface area contributed by atoms with Gasteiger partial charge in [-0.1, -0.05) is 48.5 Å². The third-order valence-corrected chi connectivity index (χ3v) is 6.07. The van der Waals surface area contributed by atoms with Gasteiger partial charge in [0.1, 0.15) is 0 Å². The molecule has 0 radical (unpaired) electrons. The molecule has 1 spiro atoms. The fourth-order valence-corrected chi connectivity index (χ4v) is 4.41. The first-order valence-corrected chi connectivity index (χ1v) is 10.2. The summed E-state index contributed by atoms with van der Waals surface area (Å²) in [5, 5.41) is 6.03. The fourth-order valence-electron chi connectivity index (χ4n) is 4.41. The van der Waals surface area contributed by atoms with Crippen molar-refractivity contribution in [1.29, 1.82) is 0 Å². The highest BCUT2D eigenvalue weighted by atomic mass is 16.5. The number of nitrogens with one attached hydrogen (secondary N) is 2. The quantitative estimate of drug-likeness (QED) is 0.838. The van der Waals surface area contributed by atoms with E-state index in [1.807, 2.05) is 60.7 Å². The third-order valence-electron chi connectivity index (χ3n) is 6.07. The van der Waals surface area contributed by atoms with Crippen LogP contribution in [0.5, 0.6) is 0 Å². The molecule has 0 bridgehead atoms. The van der Waals surface area contributed by atoms with Gasteiger partial charge in [0, 0.05) is 44.0 Å². The minimum absolute atomic E-state index is 0.0172. The van der Waals surface area contributed by atoms with Crippen molar-refractivity contribution < 1.29 is 14.3 Å². The molecule has 2 fully saturated rings. The van der Waals surface area contributed by atoms with E-state index in [2.05, 4.69) is 10.6 Å². The summed E-state index contributed by atoms with van der Waals surface area (Å²) >= 11 is 0. The zero-order chi connectivity index (χ0) is 20.1. The lowest BCUT2D eigenvalue weighted by molar-refractivity contribution is -0.124. The highest BCUT2D eigenvalue weighted by Crippen LogP contribution is 2.44. The van der Waals surface area contributed by atoms with Gasteiger partial charge in [-0.3, -0.25) is 4.79 Å². The lowest BCUT2D eigenvalue weighted by Gasteiger charge is -2.37. The van der Waals surface area contributed by atoms with Gasteiger partial charge < -0.3 is 20.3 Å². The lowest BCUT2D eigenvalue weighted by atomic mass is 9.71. The number of urea groups is 1. The number of nitrogens with zero attached hydrogens (tertiary/aromatic N) is 1. The highest BCUT2D eigenvalue weighted by molar-refractivity contribution is 5.94. The van der Waals surface area contributed by atoms with Crippen molar-refractivity contribution in [3.8, 4) is 0 Å². The van der Waals surface area contributed by atoms with Gasteiger partial charge in [0.25, 0.3) is 0 Å². The van der Waals surface area contributed by atoms with Gasteiger partial charge in [0.05, 0.1) is 5.92 Å². The summed E-state index contributed by atoms with van der Waals surface area (Å²) in [6.45, 7) is 2.76. The van der Waals surface area contributed by atoms with Gasteiger partial charge in [0.15, 0.2) is 0 Å². The van der Waals surface area contributed by atoms with E-state index >= 15 is 0 Å². The Labute approximate surface area is 171 Å². The molecule has 2 aromatic carbocycles. The van der Waals surface area contributed by atoms with Crippen molar-refractivity contribution in [3.05, 3.63) is 66.2 Å². The number of likely N-dealkylation sites (tertiary alicyclic amines) is 1. The zero-order valence-electron chi connectivity index (χ0n) is 16.5. The molecule has 2 N–H and O–H groups in total. The molecular formula is C23H27N3O3. The normalized spacial score (nSPS) is 20.4. The van der Waals surface area contributed by atoms with E-state index in [1.165, 1.54) is 0 Å². The molecular weight excluding hydrogens is 366 g/mol. The summed E-state index contributed by atoms with van der Waals surface area (Å²) in [6.07, 6.45) is 1.59. The Balaban J connectivity index is 1.45. The largest absolute Gasteiger partial charge is 0.381 e. The molecule has 152 valence electrons. The Kier molecular flexibility index (Phi) is 5.81. The monoisotopic (exact) mass is 393 g/mol. The molecule has 0 saturated carbocycles. The number of rotatable bonds is 4. The first kappa shape index (κ1) is 19.5. The molecule has 4 rings (SSSR count). The molecule has 3 amide bonds. The third kappa shape index (κ3) is 4.43. The second-order valence-electron chi connectivity index (χ2n) is 7.91. The molecule has 2 aliphatic heterocycles. The van der Waals surface area contributed by atoms with Gasteiger partial charge in [0.2, 0.25) is 5.91 Å². The number of para-hydroxylation sites is 1. The van der Waals surface area contributed by atoms with Crippen LogP contribution >= 0.6 is 0 Å². The minimum atomic E-state index is -0.242. The van der Waals surface area contributed by atoms with Crippen LogP contribution in [0.1, 0.15) is 18.4 Å². The van der Waals surface area contributed by atoms with Crippen LogP contribution in [0, 0.1) is 11.3 Å². The smallest absolute Gasteiger partial charge is 0.317 e. The van der Waals surface area contributed by atoms with Gasteiger partial charge in [-0.2, -0.15) is 0 Å². The Bertz CT molecular complexity index is 835. The molecule has 29 heavy (non-hydrogen) atoms. The summed E-state index contributed by atoms with van der Waals surface area (Å²) in [5.41, 5.74) is 1.62. The van der Waals surface area contributed by atoms with Crippen molar-refractivity contribution >= 4 is 17.6 Å². The maximum absolute atomic E-state index is 13.1. The van der Waals surface area contributed by atoms with E-state index in [4.69, 9.17) is 4.74 Å². The van der Waals surface area contributed by atoms with Crippen molar-refractivity contribution in [2.45, 2.75) is 19.4 Å². The van der Waals surface area contributed by atoms with Crippen LogP contribution in [-0.2, 0) is 16.1 Å². The van der Waals surface area contributed by atoms with Crippen LogP contribution in [0.25, 0.3) is 0 Å². The minimum Gasteiger partial charge on any atom is -0.381 e. The molecule has 0 unspecified atom stereocenters. The van der Waals surface area contributed by atoms with E-state index in [9.17, 15) is 9.59 Å². The van der Waals surface area contributed by atoms with Crippen LogP contribution in [0.4, 0.5) is 10.5 Å². The first-order chi connectivity index (χ1) is 14.2. The van der Waals surface area contributed by atoms with Gasteiger partial charge in [-0.15, -0.1) is 0 Å². The molecule has 2 saturated heterocycles. The number of hydrogen-bond donors (Lipinski definition) is 2. The molecule has 2 heterocycles. The van der Waals surface area contributed by atoms with Crippen LogP contribution in [0.2, 0.25) is 0 Å². The topological polar surface area (TPSA) is 70.7 Å². The first-order valence-electron chi connectivity index (χ1n) is 10.2. The predicted molar refractivity (Wildman–Crippen MR) is 111 cm³/mol. The second-order valence-corrected chi connectivity index (χ2v) is 7.91. The van der Waals surface area contributed by atoms with E-state index in [0.29, 0.717) is 32.8 Å². The van der Waals surface area contributed by atoms with Gasteiger partial charge >= 0.3 is 6.03 Å². The number of ether oxygens (including phenoxy) is 1. The summed E-state index contributed by atoms with van der Waals surface area (Å²) in [6, 6.07) is 19.2. The van der Waals surface area contributed by atoms with Crippen LogP contribution in [-0.4, -0.2) is 43.1 Å². The van der Waals surface area contributed by atoms with Gasteiger partial charge in [-0.25, -0.2) is 4.79 Å². The van der Waals surface area contributed by atoms with E-state index in [1.54, 1.807) is 4.90 Å². The molecule has 2 aromatic rings. The number of hydrogen-bond acceptors (Lipinski definition) is 3. The van der Waals surface area contributed by atoms with Crippen LogP contribution in [0.3, 0.4) is 0 Å². The second kappa shape index (κ2) is 8.66. The summed E-state index contributed by atoms with van der Waals surface area (Å²) in [5.74, 6) is -0.259. The standard InChI is InChI=1S/C23H27N3O3/c27-21(25-19-9-5-2-6-10-19)20-16-26(17-23(20)11-13-29-14-12-23)22(28)24-15-18-7-3-1-4-8-18/h1-10,20H,11-17H2,(H,24,28)(H,25,27)/t20-/m1/s1. The number of carbonyl (C=O) groups excluding carboxylic acids is 2. The summed E-state index contributed by atoms with van der Waals surface area (Å²) < 4.78 is 5.55. The predicted octanol–water partition coefficient (Wildman–Crippen LogP) is 3.26. The molecule has 0 aromatic heterocycles. The maximum Gasteiger partial charge on any atom is 0.317 e. The number of anilines is 1.